The van der Waals surface area contributed by atoms with Crippen LogP contribution >= 0.6 is 0 Å². The summed E-state index contributed by atoms with van der Waals surface area (Å²) in [7, 11) is 0. The van der Waals surface area contributed by atoms with Crippen molar-refractivity contribution in [3.8, 4) is 0 Å². The maximum absolute atomic E-state index is 11.9. The Morgan fingerprint density at radius 2 is 2.00 bits per heavy atom. The number of hydrogen-bond donors (Lipinski definition) is 0. The fraction of sp³-hybridized carbons (Fsp3) is 0.562. The molecule has 0 spiro atoms. The minimum absolute atomic E-state index is 0.233. The van der Waals surface area contributed by atoms with E-state index < -0.39 is 11.7 Å². The van der Waals surface area contributed by atoms with Gasteiger partial charge in [0.25, 0.3) is 0 Å². The minimum atomic E-state index is -0.498. The van der Waals surface area contributed by atoms with E-state index in [1.54, 1.807) is 0 Å². The Morgan fingerprint density at radius 3 is 2.68 bits per heavy atom. The molecular formula is C16H22O3. The molecule has 1 fully saturated rings. The zero-order chi connectivity index (χ0) is 13.7. The molecule has 2 atom stereocenters. The van der Waals surface area contributed by atoms with Crippen LogP contribution < -0.4 is 0 Å². The van der Waals surface area contributed by atoms with Crippen molar-refractivity contribution in [2.75, 3.05) is 6.61 Å². The Kier molecular flexibility index (Phi) is 4.59. The van der Waals surface area contributed by atoms with Crippen molar-refractivity contribution in [2.24, 2.45) is 0 Å². The largest absolute Gasteiger partial charge is 0.464 e. The van der Waals surface area contributed by atoms with Gasteiger partial charge in [-0.25, -0.2) is 4.79 Å². The molecule has 1 saturated heterocycles. The predicted molar refractivity (Wildman–Crippen MR) is 73.8 cm³/mol. The molecule has 0 bridgehead atoms. The lowest BCUT2D eigenvalue weighted by molar-refractivity contribution is -0.145. The summed E-state index contributed by atoms with van der Waals surface area (Å²) in [5.74, 6) is -0.233. The van der Waals surface area contributed by atoms with Crippen molar-refractivity contribution in [3.05, 3.63) is 35.9 Å². The van der Waals surface area contributed by atoms with E-state index in [0.717, 1.165) is 18.4 Å². The quantitative estimate of drug-likeness (QED) is 0.429. The van der Waals surface area contributed by atoms with Crippen LogP contribution in [0.4, 0.5) is 0 Å². The average molecular weight is 262 g/mol. The highest BCUT2D eigenvalue weighted by Gasteiger charge is 2.59. The highest BCUT2D eigenvalue weighted by atomic mass is 16.7. The zero-order valence-corrected chi connectivity index (χ0v) is 11.7. The van der Waals surface area contributed by atoms with Crippen LogP contribution in [0.15, 0.2) is 30.3 Å². The van der Waals surface area contributed by atoms with Gasteiger partial charge >= 0.3 is 5.97 Å². The van der Waals surface area contributed by atoms with Gasteiger partial charge in [0.05, 0.1) is 6.61 Å². The van der Waals surface area contributed by atoms with Crippen LogP contribution in [-0.4, -0.2) is 18.7 Å². The van der Waals surface area contributed by atoms with Crippen LogP contribution in [0.5, 0.6) is 0 Å². The molecule has 1 aliphatic heterocycles. The molecular weight excluding hydrogens is 240 g/mol. The molecule has 1 aliphatic rings. The molecule has 0 saturated carbocycles. The van der Waals surface area contributed by atoms with Crippen molar-refractivity contribution in [2.45, 2.75) is 51.2 Å². The van der Waals surface area contributed by atoms with Crippen molar-refractivity contribution >= 4 is 5.97 Å². The summed E-state index contributed by atoms with van der Waals surface area (Å²) in [4.78, 5) is 11.9. The molecule has 1 aromatic rings. The van der Waals surface area contributed by atoms with Crippen LogP contribution in [-0.2, 0) is 19.9 Å². The van der Waals surface area contributed by atoms with Gasteiger partial charge in [0.2, 0.25) is 0 Å². The molecule has 1 aromatic carbocycles. The molecule has 104 valence electrons. The van der Waals surface area contributed by atoms with E-state index in [2.05, 4.69) is 6.92 Å². The van der Waals surface area contributed by atoms with E-state index in [4.69, 9.17) is 9.47 Å². The molecule has 0 aromatic heterocycles. The minimum Gasteiger partial charge on any atom is -0.464 e. The van der Waals surface area contributed by atoms with Gasteiger partial charge in [0.15, 0.2) is 6.10 Å². The van der Waals surface area contributed by atoms with Gasteiger partial charge in [0.1, 0.15) is 5.60 Å². The lowest BCUT2D eigenvalue weighted by Gasteiger charge is -2.06. The van der Waals surface area contributed by atoms with E-state index in [-0.39, 0.29) is 5.97 Å². The fourth-order valence-corrected chi connectivity index (χ4v) is 2.25. The Balaban J connectivity index is 1.77. The summed E-state index contributed by atoms with van der Waals surface area (Å²) in [5, 5.41) is 0. The van der Waals surface area contributed by atoms with E-state index in [0.29, 0.717) is 6.61 Å². The molecule has 0 aliphatic carbocycles. The number of ether oxygens (including phenoxy) is 2. The highest BCUT2D eigenvalue weighted by molar-refractivity contribution is 5.79. The smallest absolute Gasteiger partial charge is 0.338 e. The van der Waals surface area contributed by atoms with Crippen molar-refractivity contribution in [1.29, 1.82) is 0 Å². The van der Waals surface area contributed by atoms with Gasteiger partial charge in [0, 0.05) is 0 Å². The number of carbonyl (C=O) groups is 1. The van der Waals surface area contributed by atoms with Gasteiger partial charge < -0.3 is 9.47 Å². The second-order valence-corrected chi connectivity index (χ2v) is 5.20. The van der Waals surface area contributed by atoms with E-state index in [1.807, 2.05) is 37.3 Å². The van der Waals surface area contributed by atoms with Crippen LogP contribution in [0, 0.1) is 0 Å². The second kappa shape index (κ2) is 6.20. The van der Waals surface area contributed by atoms with Gasteiger partial charge in [-0.1, -0.05) is 56.5 Å². The van der Waals surface area contributed by atoms with Gasteiger partial charge in [-0.15, -0.1) is 0 Å². The Bertz CT molecular complexity index is 415. The van der Waals surface area contributed by atoms with Crippen LogP contribution in [0.25, 0.3) is 0 Å². The maximum atomic E-state index is 11.9. The summed E-state index contributed by atoms with van der Waals surface area (Å²) in [5.41, 5.74) is 0.532. The maximum Gasteiger partial charge on any atom is 0.338 e. The third-order valence-electron chi connectivity index (χ3n) is 3.61. The monoisotopic (exact) mass is 262 g/mol. The number of rotatable bonds is 7. The fourth-order valence-electron chi connectivity index (χ4n) is 2.25. The lowest BCUT2D eigenvalue weighted by Crippen LogP contribution is -2.19. The zero-order valence-electron chi connectivity index (χ0n) is 11.7. The standard InChI is InChI=1S/C16H22O3/c1-3-4-5-9-12-18-15(17)14-16(2,19-14)13-10-7-6-8-11-13/h6-8,10-11,14H,3-5,9,12H2,1-2H3/t14-,16-/m0/s1. The third kappa shape index (κ3) is 3.35. The van der Waals surface area contributed by atoms with Crippen LogP contribution in [0.2, 0.25) is 0 Å². The summed E-state index contributed by atoms with van der Waals surface area (Å²) >= 11 is 0. The second-order valence-electron chi connectivity index (χ2n) is 5.20. The number of benzene rings is 1. The first-order chi connectivity index (χ1) is 9.18. The molecule has 3 nitrogen and oxygen atoms in total. The Hall–Kier alpha value is -1.35. The van der Waals surface area contributed by atoms with E-state index in [1.165, 1.54) is 12.8 Å². The van der Waals surface area contributed by atoms with Crippen LogP contribution in [0.1, 0.15) is 45.1 Å². The molecule has 1 heterocycles. The van der Waals surface area contributed by atoms with Gasteiger partial charge in [-0.2, -0.15) is 0 Å². The van der Waals surface area contributed by atoms with Crippen molar-refractivity contribution in [3.63, 3.8) is 0 Å². The number of carbonyl (C=O) groups excluding carboxylic acids is 1. The van der Waals surface area contributed by atoms with E-state index in [9.17, 15) is 4.79 Å². The Morgan fingerprint density at radius 1 is 1.26 bits per heavy atom. The number of unbranched alkanes of at least 4 members (excludes halogenated alkanes) is 3. The van der Waals surface area contributed by atoms with Crippen LogP contribution in [0.3, 0.4) is 0 Å². The lowest BCUT2D eigenvalue weighted by atomic mass is 9.97. The highest BCUT2D eigenvalue weighted by Crippen LogP contribution is 2.46. The molecule has 3 heteroatoms. The van der Waals surface area contributed by atoms with E-state index >= 15 is 0 Å². The number of hydrogen-bond acceptors (Lipinski definition) is 3. The summed E-state index contributed by atoms with van der Waals surface area (Å²) in [6, 6.07) is 9.82. The predicted octanol–water partition coefficient (Wildman–Crippen LogP) is 3.42. The normalized spacial score (nSPS) is 25.1. The molecule has 0 amide bonds. The average Bonchev–Trinajstić information content (AvgIpc) is 3.13. The Labute approximate surface area is 114 Å². The molecule has 0 radical (unpaired) electrons. The molecule has 0 unspecified atom stereocenters. The molecule has 0 N–H and O–H groups in total. The topological polar surface area (TPSA) is 38.8 Å². The van der Waals surface area contributed by atoms with Crippen molar-refractivity contribution < 1.29 is 14.3 Å². The summed E-state index contributed by atoms with van der Waals surface area (Å²) in [6.45, 7) is 4.60. The number of epoxide rings is 1. The van der Waals surface area contributed by atoms with Crippen molar-refractivity contribution in [1.82, 2.24) is 0 Å². The first kappa shape index (κ1) is 14.1. The summed E-state index contributed by atoms with van der Waals surface area (Å²) in [6.07, 6.45) is 3.99. The first-order valence-corrected chi connectivity index (χ1v) is 7.08. The van der Waals surface area contributed by atoms with Gasteiger partial charge in [-0.05, 0) is 18.9 Å². The molecule has 19 heavy (non-hydrogen) atoms. The first-order valence-electron chi connectivity index (χ1n) is 7.08. The summed E-state index contributed by atoms with van der Waals surface area (Å²) < 4.78 is 10.8. The number of esters is 1. The van der Waals surface area contributed by atoms with Gasteiger partial charge in [-0.3, -0.25) is 0 Å². The SMILES string of the molecule is CCCCCCOC(=O)[C@@H]1O[C@@]1(C)c1ccccc1. The third-order valence-corrected chi connectivity index (χ3v) is 3.61. The molecule has 2 rings (SSSR count).